The van der Waals surface area contributed by atoms with Crippen molar-refractivity contribution in [3.8, 4) is 0 Å². The topological polar surface area (TPSA) is 75.9 Å². The molecule has 3 atom stereocenters. The number of hydrogen-bond donors (Lipinski definition) is 1. The molecule has 0 unspecified atom stereocenters. The van der Waals surface area contributed by atoms with Crippen molar-refractivity contribution >= 4 is 11.8 Å². The second-order valence-electron chi connectivity index (χ2n) is 6.03. The maximum Gasteiger partial charge on any atom is 0.236 e. The monoisotopic (exact) mass is 283 g/mol. The summed E-state index contributed by atoms with van der Waals surface area (Å²) in [4.78, 5) is 27.5. The lowest BCUT2D eigenvalue weighted by Crippen LogP contribution is -2.52. The lowest BCUT2D eigenvalue weighted by molar-refractivity contribution is -0.138. The SMILES string of the molecule is C[C@@H]1CN(CC(=O)N2CCC[C@@H](C(N)=O)C2)C[C@H](C)O1. The van der Waals surface area contributed by atoms with Gasteiger partial charge in [-0.25, -0.2) is 0 Å². The summed E-state index contributed by atoms with van der Waals surface area (Å²) in [6.45, 7) is 7.23. The fourth-order valence-electron chi connectivity index (χ4n) is 3.14. The average Bonchev–Trinajstić information content (AvgIpc) is 2.37. The Hall–Kier alpha value is -1.14. The van der Waals surface area contributed by atoms with Gasteiger partial charge in [0.25, 0.3) is 0 Å². The summed E-state index contributed by atoms with van der Waals surface area (Å²) in [5.41, 5.74) is 5.35. The number of nitrogens with two attached hydrogens (primary N) is 1. The molecule has 0 radical (unpaired) electrons. The molecular weight excluding hydrogens is 258 g/mol. The van der Waals surface area contributed by atoms with E-state index in [2.05, 4.69) is 4.90 Å². The highest BCUT2D eigenvalue weighted by molar-refractivity contribution is 5.81. The molecule has 2 heterocycles. The van der Waals surface area contributed by atoms with Gasteiger partial charge in [0.1, 0.15) is 0 Å². The van der Waals surface area contributed by atoms with Gasteiger partial charge >= 0.3 is 0 Å². The number of carbonyl (C=O) groups excluding carboxylic acids is 2. The number of morpholine rings is 1. The predicted octanol–water partition coefficient (Wildman–Crippen LogP) is -0.180. The van der Waals surface area contributed by atoms with Crippen LogP contribution in [0.1, 0.15) is 26.7 Å². The molecule has 0 aliphatic carbocycles. The number of piperidine rings is 1. The standard InChI is InChI=1S/C14H25N3O3/c1-10-6-16(7-11(2)20-10)9-13(18)17-5-3-4-12(8-17)14(15)19/h10-12H,3-9H2,1-2H3,(H2,15,19)/t10-,11+,12-/m1/s1. The van der Waals surface area contributed by atoms with E-state index in [0.29, 0.717) is 13.1 Å². The van der Waals surface area contributed by atoms with E-state index in [1.807, 2.05) is 13.8 Å². The first-order valence-corrected chi connectivity index (χ1v) is 7.40. The normalized spacial score (nSPS) is 32.1. The van der Waals surface area contributed by atoms with E-state index in [9.17, 15) is 9.59 Å². The zero-order valence-corrected chi connectivity index (χ0v) is 12.4. The summed E-state index contributed by atoms with van der Waals surface area (Å²) in [6, 6.07) is 0. The van der Waals surface area contributed by atoms with Crippen LogP contribution >= 0.6 is 0 Å². The zero-order chi connectivity index (χ0) is 14.7. The molecular formula is C14H25N3O3. The highest BCUT2D eigenvalue weighted by atomic mass is 16.5. The summed E-state index contributed by atoms with van der Waals surface area (Å²) in [5, 5.41) is 0. The van der Waals surface area contributed by atoms with Crippen molar-refractivity contribution in [3.63, 3.8) is 0 Å². The molecule has 114 valence electrons. The van der Waals surface area contributed by atoms with E-state index < -0.39 is 0 Å². The number of primary amides is 1. The molecule has 6 heteroatoms. The van der Waals surface area contributed by atoms with Crippen molar-refractivity contribution < 1.29 is 14.3 Å². The van der Waals surface area contributed by atoms with Crippen LogP contribution < -0.4 is 5.73 Å². The van der Waals surface area contributed by atoms with Crippen molar-refractivity contribution in [1.29, 1.82) is 0 Å². The van der Waals surface area contributed by atoms with Gasteiger partial charge in [0, 0.05) is 26.2 Å². The van der Waals surface area contributed by atoms with Crippen LogP contribution in [0.15, 0.2) is 0 Å². The van der Waals surface area contributed by atoms with Gasteiger partial charge in [-0.2, -0.15) is 0 Å². The molecule has 2 amide bonds. The molecule has 2 fully saturated rings. The highest BCUT2D eigenvalue weighted by Crippen LogP contribution is 2.17. The first kappa shape index (κ1) is 15.3. The molecule has 2 N–H and O–H groups in total. The van der Waals surface area contributed by atoms with Crippen LogP contribution in [0.25, 0.3) is 0 Å². The van der Waals surface area contributed by atoms with E-state index in [-0.39, 0.29) is 29.9 Å². The van der Waals surface area contributed by atoms with Gasteiger partial charge in [-0.3, -0.25) is 14.5 Å². The Kier molecular flexibility index (Phi) is 4.99. The predicted molar refractivity (Wildman–Crippen MR) is 74.9 cm³/mol. The van der Waals surface area contributed by atoms with Crippen LogP contribution in [-0.2, 0) is 14.3 Å². The first-order valence-electron chi connectivity index (χ1n) is 7.40. The van der Waals surface area contributed by atoms with Crippen LogP contribution in [0.5, 0.6) is 0 Å². The van der Waals surface area contributed by atoms with E-state index in [1.54, 1.807) is 4.90 Å². The Morgan fingerprint density at radius 2 is 1.85 bits per heavy atom. The molecule has 2 rings (SSSR count). The lowest BCUT2D eigenvalue weighted by atomic mass is 9.97. The average molecular weight is 283 g/mol. The fourth-order valence-corrected chi connectivity index (χ4v) is 3.14. The number of nitrogens with zero attached hydrogens (tertiary/aromatic N) is 2. The summed E-state index contributed by atoms with van der Waals surface area (Å²) in [5.74, 6) is -0.386. The van der Waals surface area contributed by atoms with E-state index in [1.165, 1.54) is 0 Å². The van der Waals surface area contributed by atoms with Gasteiger partial charge in [-0.15, -0.1) is 0 Å². The minimum Gasteiger partial charge on any atom is -0.373 e. The third-order valence-electron chi connectivity index (χ3n) is 4.03. The number of rotatable bonds is 3. The minimum atomic E-state index is -0.295. The number of carbonyl (C=O) groups is 2. The molecule has 2 saturated heterocycles. The number of hydrogen-bond acceptors (Lipinski definition) is 4. The van der Waals surface area contributed by atoms with E-state index >= 15 is 0 Å². The van der Waals surface area contributed by atoms with Gasteiger partial charge < -0.3 is 15.4 Å². The van der Waals surface area contributed by atoms with Crippen LogP contribution in [0.2, 0.25) is 0 Å². The molecule has 2 aliphatic rings. The van der Waals surface area contributed by atoms with E-state index in [0.717, 1.165) is 32.5 Å². The summed E-state index contributed by atoms with van der Waals surface area (Å²) in [6.07, 6.45) is 1.97. The smallest absolute Gasteiger partial charge is 0.236 e. The Morgan fingerprint density at radius 3 is 2.45 bits per heavy atom. The highest BCUT2D eigenvalue weighted by Gasteiger charge is 2.29. The molecule has 0 bridgehead atoms. The molecule has 2 aliphatic heterocycles. The number of ether oxygens (including phenoxy) is 1. The van der Waals surface area contributed by atoms with Crippen LogP contribution in [0, 0.1) is 5.92 Å². The molecule has 0 spiro atoms. The van der Waals surface area contributed by atoms with Crippen molar-refractivity contribution in [2.75, 3.05) is 32.7 Å². The molecule has 20 heavy (non-hydrogen) atoms. The van der Waals surface area contributed by atoms with E-state index in [4.69, 9.17) is 10.5 Å². The summed E-state index contributed by atoms with van der Waals surface area (Å²) < 4.78 is 5.66. The molecule has 0 aromatic carbocycles. The largest absolute Gasteiger partial charge is 0.373 e. The van der Waals surface area contributed by atoms with Gasteiger partial charge in [0.2, 0.25) is 11.8 Å². The van der Waals surface area contributed by atoms with Crippen LogP contribution in [0.3, 0.4) is 0 Å². The third-order valence-corrected chi connectivity index (χ3v) is 4.03. The van der Waals surface area contributed by atoms with Gasteiger partial charge in [0.15, 0.2) is 0 Å². The van der Waals surface area contributed by atoms with Crippen LogP contribution in [-0.4, -0.2) is 66.5 Å². The molecule has 6 nitrogen and oxygen atoms in total. The Bertz CT molecular complexity index is 365. The maximum absolute atomic E-state index is 12.3. The second-order valence-corrected chi connectivity index (χ2v) is 6.03. The number of amides is 2. The Labute approximate surface area is 120 Å². The van der Waals surface area contributed by atoms with Gasteiger partial charge in [-0.05, 0) is 26.7 Å². The quantitative estimate of drug-likeness (QED) is 0.779. The lowest BCUT2D eigenvalue weighted by Gasteiger charge is -2.37. The zero-order valence-electron chi connectivity index (χ0n) is 12.4. The molecule has 0 aromatic rings. The summed E-state index contributed by atoms with van der Waals surface area (Å²) in [7, 11) is 0. The maximum atomic E-state index is 12.3. The fraction of sp³-hybridized carbons (Fsp3) is 0.857. The first-order chi connectivity index (χ1) is 9.45. The van der Waals surface area contributed by atoms with Crippen molar-refractivity contribution in [2.24, 2.45) is 11.7 Å². The Morgan fingerprint density at radius 1 is 1.20 bits per heavy atom. The van der Waals surface area contributed by atoms with Crippen molar-refractivity contribution in [2.45, 2.75) is 38.9 Å². The van der Waals surface area contributed by atoms with Crippen LogP contribution in [0.4, 0.5) is 0 Å². The van der Waals surface area contributed by atoms with Crippen molar-refractivity contribution in [3.05, 3.63) is 0 Å². The van der Waals surface area contributed by atoms with Gasteiger partial charge in [-0.1, -0.05) is 0 Å². The molecule has 0 aromatic heterocycles. The number of likely N-dealkylation sites (tertiary alicyclic amines) is 1. The molecule has 0 saturated carbocycles. The minimum absolute atomic E-state index is 0.0947. The van der Waals surface area contributed by atoms with Gasteiger partial charge in [0.05, 0.1) is 24.7 Å². The van der Waals surface area contributed by atoms with Crippen molar-refractivity contribution in [1.82, 2.24) is 9.80 Å². The third kappa shape index (κ3) is 3.93. The Balaban J connectivity index is 1.86. The summed E-state index contributed by atoms with van der Waals surface area (Å²) >= 11 is 0. The second kappa shape index (κ2) is 6.54.